The van der Waals surface area contributed by atoms with E-state index >= 15 is 0 Å². The number of aryl methyl sites for hydroxylation is 1. The molecule has 2 rings (SSSR count). The number of fused-ring (bicyclic) bond motifs is 1. The summed E-state index contributed by atoms with van der Waals surface area (Å²) in [5, 5.41) is 4.43. The second-order valence-corrected chi connectivity index (χ2v) is 5.48. The van der Waals surface area contributed by atoms with Crippen LogP contribution in [0.5, 0.6) is 0 Å². The zero-order valence-electron chi connectivity index (χ0n) is 10.5. The van der Waals surface area contributed by atoms with Crippen LogP contribution in [0.2, 0.25) is 0 Å². The molecule has 2 aromatic rings. The van der Waals surface area contributed by atoms with Gasteiger partial charge in [0.25, 0.3) is 0 Å². The monoisotopic (exact) mass is 249 g/mol. The Labute approximate surface area is 107 Å². The summed E-state index contributed by atoms with van der Waals surface area (Å²) in [5.74, 6) is 0. The van der Waals surface area contributed by atoms with Crippen LogP contribution < -0.4 is 5.32 Å². The summed E-state index contributed by atoms with van der Waals surface area (Å²) in [6.45, 7) is 4.67. The van der Waals surface area contributed by atoms with E-state index in [1.807, 2.05) is 18.4 Å². The van der Waals surface area contributed by atoms with Crippen molar-refractivity contribution in [1.29, 1.82) is 0 Å². The predicted molar refractivity (Wildman–Crippen MR) is 75.0 cm³/mol. The molecule has 0 aliphatic carbocycles. The lowest BCUT2D eigenvalue weighted by Gasteiger charge is -2.04. The molecule has 0 unspecified atom stereocenters. The normalized spacial score (nSPS) is 11.2. The van der Waals surface area contributed by atoms with Gasteiger partial charge in [0, 0.05) is 16.1 Å². The van der Waals surface area contributed by atoms with Crippen LogP contribution in [0.1, 0.15) is 10.4 Å². The Morgan fingerprint density at radius 1 is 1.24 bits per heavy atom. The number of nitrogens with one attached hydrogen (secondary N) is 1. The molecule has 0 amide bonds. The third-order valence-corrected chi connectivity index (χ3v) is 3.77. The molecule has 92 valence electrons. The minimum Gasteiger partial charge on any atom is -0.380 e. The zero-order chi connectivity index (χ0) is 12.1. The van der Waals surface area contributed by atoms with Gasteiger partial charge in [-0.15, -0.1) is 11.3 Å². The van der Waals surface area contributed by atoms with Crippen LogP contribution in [0.4, 0.5) is 0 Å². The molecule has 0 aliphatic rings. The quantitative estimate of drug-likeness (QED) is 0.795. The molecule has 1 heterocycles. The molecule has 1 aromatic heterocycles. The standard InChI is InChI=1S/C14H19NOS/c1-11-9-13-10-12(3-4-14(13)17-11)5-7-16-8-6-15-2/h3-4,9-10,15H,5-8H2,1-2H3. The van der Waals surface area contributed by atoms with Crippen LogP contribution in [-0.4, -0.2) is 26.8 Å². The Morgan fingerprint density at radius 2 is 2.12 bits per heavy atom. The zero-order valence-corrected chi connectivity index (χ0v) is 11.3. The van der Waals surface area contributed by atoms with Gasteiger partial charge in [0.1, 0.15) is 0 Å². The summed E-state index contributed by atoms with van der Waals surface area (Å²) < 4.78 is 6.91. The van der Waals surface area contributed by atoms with Gasteiger partial charge in [-0.1, -0.05) is 12.1 Å². The Bertz CT molecular complexity index is 478. The highest BCUT2D eigenvalue weighted by Gasteiger charge is 2.00. The van der Waals surface area contributed by atoms with E-state index < -0.39 is 0 Å². The Morgan fingerprint density at radius 3 is 2.94 bits per heavy atom. The summed E-state index contributed by atoms with van der Waals surface area (Å²) in [6, 6.07) is 8.96. The van der Waals surface area contributed by atoms with Crippen molar-refractivity contribution < 1.29 is 4.74 Å². The Kier molecular flexibility index (Phi) is 4.54. The van der Waals surface area contributed by atoms with Crippen molar-refractivity contribution in [3.63, 3.8) is 0 Å². The highest BCUT2D eigenvalue weighted by atomic mass is 32.1. The maximum Gasteiger partial charge on any atom is 0.0590 e. The van der Waals surface area contributed by atoms with E-state index in [-0.39, 0.29) is 0 Å². The fourth-order valence-electron chi connectivity index (χ4n) is 1.85. The number of benzene rings is 1. The van der Waals surface area contributed by atoms with Crippen molar-refractivity contribution in [3.8, 4) is 0 Å². The fourth-order valence-corrected chi connectivity index (χ4v) is 2.75. The molecule has 3 heteroatoms. The van der Waals surface area contributed by atoms with Crippen LogP contribution in [0.3, 0.4) is 0 Å². The van der Waals surface area contributed by atoms with Crippen LogP contribution in [0.25, 0.3) is 10.1 Å². The van der Waals surface area contributed by atoms with Gasteiger partial charge in [0.05, 0.1) is 13.2 Å². The highest BCUT2D eigenvalue weighted by Crippen LogP contribution is 2.25. The summed E-state index contributed by atoms with van der Waals surface area (Å²) >= 11 is 1.86. The lowest BCUT2D eigenvalue weighted by atomic mass is 10.1. The molecule has 0 radical (unpaired) electrons. The first-order chi connectivity index (χ1) is 8.29. The van der Waals surface area contributed by atoms with Crippen molar-refractivity contribution >= 4 is 21.4 Å². The molecule has 17 heavy (non-hydrogen) atoms. The molecule has 0 atom stereocenters. The Balaban J connectivity index is 1.90. The molecule has 1 N–H and O–H groups in total. The third kappa shape index (κ3) is 3.53. The number of ether oxygens (including phenoxy) is 1. The molecule has 0 fully saturated rings. The van der Waals surface area contributed by atoms with Crippen molar-refractivity contribution in [2.24, 2.45) is 0 Å². The molecule has 0 spiro atoms. The number of hydrogen-bond acceptors (Lipinski definition) is 3. The summed E-state index contributed by atoms with van der Waals surface area (Å²) in [7, 11) is 1.94. The first-order valence-corrected chi connectivity index (χ1v) is 6.82. The molecule has 2 nitrogen and oxygen atoms in total. The highest BCUT2D eigenvalue weighted by molar-refractivity contribution is 7.19. The topological polar surface area (TPSA) is 21.3 Å². The fraction of sp³-hybridized carbons (Fsp3) is 0.429. The minimum atomic E-state index is 0.788. The van der Waals surface area contributed by atoms with E-state index in [0.29, 0.717) is 0 Å². The first kappa shape index (κ1) is 12.6. The second-order valence-electron chi connectivity index (χ2n) is 4.20. The molecular weight excluding hydrogens is 230 g/mol. The van der Waals surface area contributed by atoms with E-state index in [0.717, 1.165) is 26.2 Å². The van der Waals surface area contributed by atoms with Crippen molar-refractivity contribution in [3.05, 3.63) is 34.7 Å². The largest absolute Gasteiger partial charge is 0.380 e. The smallest absolute Gasteiger partial charge is 0.0590 e. The molecule has 0 saturated heterocycles. The minimum absolute atomic E-state index is 0.788. The summed E-state index contributed by atoms with van der Waals surface area (Å²) in [6.07, 6.45) is 0.995. The van der Waals surface area contributed by atoms with Crippen LogP contribution >= 0.6 is 11.3 Å². The van der Waals surface area contributed by atoms with Gasteiger partial charge in [0.2, 0.25) is 0 Å². The van der Waals surface area contributed by atoms with E-state index in [9.17, 15) is 0 Å². The van der Waals surface area contributed by atoms with Gasteiger partial charge < -0.3 is 10.1 Å². The van der Waals surface area contributed by atoms with Crippen LogP contribution in [0, 0.1) is 6.92 Å². The number of rotatable bonds is 6. The molecule has 0 saturated carbocycles. The number of hydrogen-bond donors (Lipinski definition) is 1. The van der Waals surface area contributed by atoms with Gasteiger partial charge in [-0.3, -0.25) is 0 Å². The maximum absolute atomic E-state index is 5.54. The number of likely N-dealkylation sites (N-methyl/N-ethyl adjacent to an activating group) is 1. The van der Waals surface area contributed by atoms with Crippen LogP contribution in [-0.2, 0) is 11.2 Å². The van der Waals surface area contributed by atoms with E-state index in [1.165, 1.54) is 20.5 Å². The van der Waals surface area contributed by atoms with E-state index in [2.05, 4.69) is 36.5 Å². The van der Waals surface area contributed by atoms with E-state index in [4.69, 9.17) is 4.74 Å². The second kappa shape index (κ2) is 6.15. The van der Waals surface area contributed by atoms with Gasteiger partial charge in [-0.2, -0.15) is 0 Å². The number of thiophene rings is 1. The molecule has 0 aliphatic heterocycles. The first-order valence-electron chi connectivity index (χ1n) is 6.01. The van der Waals surface area contributed by atoms with Gasteiger partial charge >= 0.3 is 0 Å². The van der Waals surface area contributed by atoms with Crippen LogP contribution in [0.15, 0.2) is 24.3 Å². The molecule has 0 bridgehead atoms. The SMILES string of the molecule is CNCCOCCc1ccc2sc(C)cc2c1. The predicted octanol–water partition coefficient (Wildman–Crippen LogP) is 2.99. The lowest BCUT2D eigenvalue weighted by Crippen LogP contribution is -2.15. The van der Waals surface area contributed by atoms with Crippen molar-refractivity contribution in [1.82, 2.24) is 5.32 Å². The maximum atomic E-state index is 5.54. The summed E-state index contributed by atoms with van der Waals surface area (Å²) in [4.78, 5) is 1.38. The molecule has 1 aromatic carbocycles. The summed E-state index contributed by atoms with van der Waals surface area (Å²) in [5.41, 5.74) is 1.36. The van der Waals surface area contributed by atoms with E-state index in [1.54, 1.807) is 0 Å². The average Bonchev–Trinajstić information content (AvgIpc) is 2.68. The third-order valence-electron chi connectivity index (χ3n) is 2.74. The van der Waals surface area contributed by atoms with Gasteiger partial charge in [-0.25, -0.2) is 0 Å². The van der Waals surface area contributed by atoms with Crippen molar-refractivity contribution in [2.75, 3.05) is 26.8 Å². The van der Waals surface area contributed by atoms with Gasteiger partial charge in [0.15, 0.2) is 0 Å². The van der Waals surface area contributed by atoms with Gasteiger partial charge in [-0.05, 0) is 43.5 Å². The average molecular weight is 249 g/mol. The Hall–Kier alpha value is -0.900. The van der Waals surface area contributed by atoms with Crippen molar-refractivity contribution in [2.45, 2.75) is 13.3 Å². The molecular formula is C14H19NOS. The lowest BCUT2D eigenvalue weighted by molar-refractivity contribution is 0.140.